The van der Waals surface area contributed by atoms with Crippen molar-refractivity contribution in [1.82, 2.24) is 10.2 Å². The van der Waals surface area contributed by atoms with E-state index in [0.717, 1.165) is 31.0 Å². The van der Waals surface area contributed by atoms with Gasteiger partial charge in [0.05, 0.1) is 28.6 Å². The molecule has 1 unspecified atom stereocenters. The molecule has 0 aromatic heterocycles. The molecule has 3 aliphatic rings. The van der Waals surface area contributed by atoms with Crippen molar-refractivity contribution in [1.29, 1.82) is 0 Å². The van der Waals surface area contributed by atoms with Crippen LogP contribution in [0.5, 0.6) is 0 Å². The Labute approximate surface area is 204 Å². The number of methoxy groups -OCH3 is 1. The molecule has 11 heteroatoms. The molecule has 4 atom stereocenters. The highest BCUT2D eigenvalue weighted by atomic mass is 32.2. The lowest BCUT2D eigenvalue weighted by atomic mass is 9.74. The number of fused-ring (bicyclic) bond motifs is 1. The molecule has 2 aliphatic heterocycles. The highest BCUT2D eigenvalue weighted by molar-refractivity contribution is 7.91. The van der Waals surface area contributed by atoms with E-state index >= 15 is 0 Å². The number of benzene rings is 1. The van der Waals surface area contributed by atoms with Crippen molar-refractivity contribution in [3.63, 3.8) is 0 Å². The fourth-order valence-electron chi connectivity index (χ4n) is 5.78. The standard InChI is InChI=1S/C24H33F3N2O5S/c1-15(2)23(8-6-18(11-23)28-19-7-9-34-13-20(19)33-3)22(30)29-12-16-10-17(24(25,26)27)4-5-21(16)35(31,32)14-29/h4-5,10,15,18-20,28H,6-9,11-14H2,1-3H3/t18-,19?,20+,23+/m0/s1. The Hall–Kier alpha value is -1.69. The maximum absolute atomic E-state index is 13.9. The molecule has 0 bridgehead atoms. The van der Waals surface area contributed by atoms with Gasteiger partial charge in [0, 0.05) is 32.3 Å². The van der Waals surface area contributed by atoms with Crippen molar-refractivity contribution in [2.24, 2.45) is 11.3 Å². The smallest absolute Gasteiger partial charge is 0.379 e. The third-order valence-corrected chi connectivity index (χ3v) is 9.55. The summed E-state index contributed by atoms with van der Waals surface area (Å²) < 4.78 is 76.6. The largest absolute Gasteiger partial charge is 0.416 e. The van der Waals surface area contributed by atoms with Gasteiger partial charge in [-0.15, -0.1) is 0 Å². The van der Waals surface area contributed by atoms with Crippen LogP contribution in [0.2, 0.25) is 0 Å². The number of hydrogen-bond donors (Lipinski definition) is 1. The second-order valence-corrected chi connectivity index (χ2v) is 12.2. The van der Waals surface area contributed by atoms with Crippen molar-refractivity contribution >= 4 is 15.7 Å². The first-order chi connectivity index (χ1) is 16.4. The van der Waals surface area contributed by atoms with Crippen molar-refractivity contribution in [2.45, 2.75) is 75.3 Å². The lowest BCUT2D eigenvalue weighted by Gasteiger charge is -2.40. The molecule has 1 N–H and O–H groups in total. The van der Waals surface area contributed by atoms with Gasteiger partial charge >= 0.3 is 6.18 Å². The number of nitrogens with zero attached hydrogens (tertiary/aromatic N) is 1. The molecule has 0 spiro atoms. The minimum Gasteiger partial charge on any atom is -0.379 e. The summed E-state index contributed by atoms with van der Waals surface area (Å²) in [6, 6.07) is 2.78. The maximum atomic E-state index is 13.9. The van der Waals surface area contributed by atoms with E-state index in [-0.39, 0.29) is 47.0 Å². The molecule has 1 aromatic carbocycles. The third-order valence-electron chi connectivity index (χ3n) is 7.83. The highest BCUT2D eigenvalue weighted by Gasteiger charge is 2.51. The lowest BCUT2D eigenvalue weighted by molar-refractivity contribution is -0.144. The molecule has 1 amide bonds. The molecule has 35 heavy (non-hydrogen) atoms. The van der Waals surface area contributed by atoms with Crippen LogP contribution >= 0.6 is 0 Å². The predicted molar refractivity (Wildman–Crippen MR) is 122 cm³/mol. The molecule has 7 nitrogen and oxygen atoms in total. The van der Waals surface area contributed by atoms with E-state index < -0.39 is 32.9 Å². The number of amides is 1. The number of hydrogen-bond acceptors (Lipinski definition) is 6. The Balaban J connectivity index is 1.56. The zero-order valence-corrected chi connectivity index (χ0v) is 21.0. The van der Waals surface area contributed by atoms with Gasteiger partial charge in [0.1, 0.15) is 5.88 Å². The van der Waals surface area contributed by atoms with Gasteiger partial charge in [-0.1, -0.05) is 13.8 Å². The van der Waals surface area contributed by atoms with Crippen LogP contribution in [0.3, 0.4) is 0 Å². The predicted octanol–water partition coefficient (Wildman–Crippen LogP) is 3.37. The van der Waals surface area contributed by atoms with Crippen LogP contribution in [0.15, 0.2) is 23.1 Å². The third kappa shape index (κ3) is 5.10. The Bertz CT molecular complexity index is 1060. The molecule has 2 fully saturated rings. The Morgan fingerprint density at radius 1 is 1.29 bits per heavy atom. The van der Waals surface area contributed by atoms with Crippen LogP contribution in [0.4, 0.5) is 13.2 Å². The van der Waals surface area contributed by atoms with Gasteiger partial charge in [-0.05, 0) is 55.4 Å². The second-order valence-electron chi connectivity index (χ2n) is 10.2. The summed E-state index contributed by atoms with van der Waals surface area (Å²) in [5, 5.41) is 3.62. The van der Waals surface area contributed by atoms with Crippen LogP contribution in [-0.2, 0) is 36.8 Å². The fourth-order valence-corrected chi connectivity index (χ4v) is 7.33. The summed E-state index contributed by atoms with van der Waals surface area (Å²) in [7, 11) is -2.29. The molecule has 1 saturated carbocycles. The van der Waals surface area contributed by atoms with Crippen LogP contribution < -0.4 is 5.32 Å². The summed E-state index contributed by atoms with van der Waals surface area (Å²) in [6.45, 7) is 4.86. The maximum Gasteiger partial charge on any atom is 0.416 e. The highest BCUT2D eigenvalue weighted by Crippen LogP contribution is 2.47. The van der Waals surface area contributed by atoms with Gasteiger partial charge in [-0.2, -0.15) is 13.2 Å². The average molecular weight is 519 g/mol. The summed E-state index contributed by atoms with van der Waals surface area (Å²) in [6.07, 6.45) is -2.04. The number of carbonyl (C=O) groups is 1. The monoisotopic (exact) mass is 518 g/mol. The number of halogens is 3. The molecular formula is C24H33F3N2O5S. The first-order valence-corrected chi connectivity index (χ1v) is 13.6. The van der Waals surface area contributed by atoms with Gasteiger partial charge < -0.3 is 19.7 Å². The molecule has 1 aliphatic carbocycles. The van der Waals surface area contributed by atoms with Gasteiger partial charge in [0.2, 0.25) is 5.91 Å². The second kappa shape index (κ2) is 9.64. The van der Waals surface area contributed by atoms with Crippen molar-refractivity contribution in [3.05, 3.63) is 29.3 Å². The number of ether oxygens (including phenoxy) is 2. The topological polar surface area (TPSA) is 84.9 Å². The van der Waals surface area contributed by atoms with Gasteiger partial charge in [-0.3, -0.25) is 4.79 Å². The average Bonchev–Trinajstić information content (AvgIpc) is 3.22. The van der Waals surface area contributed by atoms with E-state index in [9.17, 15) is 26.4 Å². The van der Waals surface area contributed by atoms with E-state index in [4.69, 9.17) is 9.47 Å². The zero-order valence-electron chi connectivity index (χ0n) is 20.2. The molecule has 0 radical (unpaired) electrons. The zero-order chi connectivity index (χ0) is 25.6. The first-order valence-electron chi connectivity index (χ1n) is 12.0. The van der Waals surface area contributed by atoms with Crippen molar-refractivity contribution in [3.8, 4) is 0 Å². The van der Waals surface area contributed by atoms with Crippen molar-refractivity contribution < 1.29 is 35.9 Å². The molecule has 2 heterocycles. The van der Waals surface area contributed by atoms with Crippen LogP contribution in [0.25, 0.3) is 0 Å². The minimum atomic E-state index is -4.60. The summed E-state index contributed by atoms with van der Waals surface area (Å²) in [5.74, 6) is -0.901. The lowest BCUT2D eigenvalue weighted by Crippen LogP contribution is -2.52. The number of sulfone groups is 1. The molecule has 196 valence electrons. The van der Waals surface area contributed by atoms with Gasteiger partial charge in [0.15, 0.2) is 9.84 Å². The van der Waals surface area contributed by atoms with E-state index in [0.29, 0.717) is 26.1 Å². The van der Waals surface area contributed by atoms with E-state index in [1.54, 1.807) is 7.11 Å². The first kappa shape index (κ1) is 26.4. The summed E-state index contributed by atoms with van der Waals surface area (Å²) in [4.78, 5) is 15.0. The Morgan fingerprint density at radius 2 is 2.03 bits per heavy atom. The molecular weight excluding hydrogens is 485 g/mol. The normalized spacial score (nSPS) is 30.9. The summed E-state index contributed by atoms with van der Waals surface area (Å²) in [5.41, 5.74) is -1.70. The number of carbonyl (C=O) groups excluding carboxylic acids is 1. The number of nitrogens with one attached hydrogen (secondary N) is 1. The SMILES string of the molecule is CO[C@@H]1COCCC1N[C@H]1CC[C@](C(=O)N2Cc3cc(C(F)(F)F)ccc3S(=O)(=O)C2)(C(C)C)C1. The van der Waals surface area contributed by atoms with Gasteiger partial charge in [0.25, 0.3) is 0 Å². The minimum absolute atomic E-state index is 0.0103. The fraction of sp³-hybridized carbons (Fsp3) is 0.708. The summed E-state index contributed by atoms with van der Waals surface area (Å²) >= 11 is 0. The Kier molecular flexibility index (Phi) is 7.27. The van der Waals surface area contributed by atoms with Crippen molar-refractivity contribution in [2.75, 3.05) is 26.2 Å². The van der Waals surface area contributed by atoms with E-state index in [1.165, 1.54) is 4.90 Å². The van der Waals surface area contributed by atoms with Gasteiger partial charge in [-0.25, -0.2) is 8.42 Å². The van der Waals surface area contributed by atoms with E-state index in [1.807, 2.05) is 13.8 Å². The number of rotatable bonds is 5. The van der Waals surface area contributed by atoms with E-state index in [2.05, 4.69) is 5.32 Å². The molecule has 4 rings (SSSR count). The van der Waals surface area contributed by atoms with Crippen LogP contribution in [0.1, 0.15) is 50.7 Å². The van der Waals surface area contributed by atoms with Crippen LogP contribution in [0, 0.1) is 11.3 Å². The number of alkyl halides is 3. The quantitative estimate of drug-likeness (QED) is 0.644. The molecule has 1 saturated heterocycles. The van der Waals surface area contributed by atoms with Crippen LogP contribution in [-0.4, -0.2) is 63.6 Å². The Morgan fingerprint density at radius 3 is 2.69 bits per heavy atom. The molecule has 1 aromatic rings.